The highest BCUT2D eigenvalue weighted by molar-refractivity contribution is 6.07. The Balaban J connectivity index is 1.60. The van der Waals surface area contributed by atoms with E-state index < -0.39 is 11.6 Å². The Morgan fingerprint density at radius 3 is 2.39 bits per heavy atom. The summed E-state index contributed by atoms with van der Waals surface area (Å²) in [4.78, 5) is 31.2. The first-order valence-corrected chi connectivity index (χ1v) is 9.28. The van der Waals surface area contributed by atoms with E-state index in [-0.39, 0.29) is 17.9 Å². The van der Waals surface area contributed by atoms with E-state index in [0.717, 1.165) is 10.5 Å². The Morgan fingerprint density at radius 1 is 1.07 bits per heavy atom. The standard InChI is InChI=1S/C22H23N3O3/c1-21(2,3)14-9-11-15(12-10-14)22(4)19(26)25(20(27)24-22)13-18-23-16-7-5-6-8-17(16)28-18/h5-12H,13H2,1-4H3,(H,24,27). The molecule has 6 nitrogen and oxygen atoms in total. The van der Waals surface area contributed by atoms with E-state index in [2.05, 4.69) is 31.1 Å². The van der Waals surface area contributed by atoms with E-state index in [1.165, 1.54) is 5.56 Å². The fraction of sp³-hybridized carbons (Fsp3) is 0.318. The lowest BCUT2D eigenvalue weighted by Crippen LogP contribution is -2.40. The summed E-state index contributed by atoms with van der Waals surface area (Å²) in [7, 11) is 0. The number of amides is 3. The van der Waals surface area contributed by atoms with Crippen molar-refractivity contribution in [3.05, 3.63) is 65.5 Å². The van der Waals surface area contributed by atoms with Gasteiger partial charge in [0.15, 0.2) is 5.58 Å². The molecule has 4 rings (SSSR count). The normalized spacial score (nSPS) is 20.1. The molecule has 0 bridgehead atoms. The van der Waals surface area contributed by atoms with E-state index in [0.29, 0.717) is 17.0 Å². The number of imide groups is 1. The third-order valence-electron chi connectivity index (χ3n) is 5.23. The maximum Gasteiger partial charge on any atom is 0.325 e. The van der Waals surface area contributed by atoms with Crippen molar-refractivity contribution >= 4 is 23.0 Å². The van der Waals surface area contributed by atoms with Crippen LogP contribution in [0.2, 0.25) is 0 Å². The fourth-order valence-electron chi connectivity index (χ4n) is 3.46. The molecule has 0 spiro atoms. The Bertz CT molecular complexity index is 1030. The molecule has 1 fully saturated rings. The van der Waals surface area contributed by atoms with Crippen molar-refractivity contribution in [3.63, 3.8) is 0 Å². The van der Waals surface area contributed by atoms with Gasteiger partial charge in [-0.15, -0.1) is 0 Å². The zero-order valence-corrected chi connectivity index (χ0v) is 16.4. The molecule has 2 aromatic carbocycles. The third kappa shape index (κ3) is 2.95. The zero-order valence-electron chi connectivity index (χ0n) is 16.4. The largest absolute Gasteiger partial charge is 0.439 e. The lowest BCUT2D eigenvalue weighted by Gasteiger charge is -2.24. The predicted molar refractivity (Wildman–Crippen MR) is 106 cm³/mol. The summed E-state index contributed by atoms with van der Waals surface area (Å²) >= 11 is 0. The van der Waals surface area contributed by atoms with Gasteiger partial charge in [0.1, 0.15) is 17.6 Å². The highest BCUT2D eigenvalue weighted by atomic mass is 16.3. The number of rotatable bonds is 3. The molecule has 0 aliphatic carbocycles. The maximum absolute atomic E-state index is 13.1. The number of para-hydroxylation sites is 2. The van der Waals surface area contributed by atoms with E-state index in [4.69, 9.17) is 4.42 Å². The minimum Gasteiger partial charge on any atom is -0.439 e. The van der Waals surface area contributed by atoms with Crippen molar-refractivity contribution in [1.82, 2.24) is 15.2 Å². The van der Waals surface area contributed by atoms with Crippen LogP contribution in [0.4, 0.5) is 4.79 Å². The van der Waals surface area contributed by atoms with Gasteiger partial charge in [-0.1, -0.05) is 57.2 Å². The Morgan fingerprint density at radius 2 is 1.75 bits per heavy atom. The summed E-state index contributed by atoms with van der Waals surface area (Å²) in [6.45, 7) is 8.12. The van der Waals surface area contributed by atoms with Crippen molar-refractivity contribution < 1.29 is 14.0 Å². The van der Waals surface area contributed by atoms with Gasteiger partial charge in [-0.05, 0) is 35.6 Å². The summed E-state index contributed by atoms with van der Waals surface area (Å²) in [5.74, 6) is 0.0142. The van der Waals surface area contributed by atoms with Crippen LogP contribution < -0.4 is 5.32 Å². The maximum atomic E-state index is 13.1. The van der Waals surface area contributed by atoms with Crippen LogP contribution in [-0.2, 0) is 22.3 Å². The summed E-state index contributed by atoms with van der Waals surface area (Å²) < 4.78 is 5.67. The van der Waals surface area contributed by atoms with Gasteiger partial charge in [0.25, 0.3) is 5.91 Å². The summed E-state index contributed by atoms with van der Waals surface area (Å²) in [6, 6.07) is 14.7. The van der Waals surface area contributed by atoms with Gasteiger partial charge < -0.3 is 9.73 Å². The second kappa shape index (κ2) is 6.19. The molecule has 28 heavy (non-hydrogen) atoms. The van der Waals surface area contributed by atoms with Gasteiger partial charge in [0.05, 0.1) is 0 Å². The molecule has 1 N–H and O–H groups in total. The lowest BCUT2D eigenvalue weighted by atomic mass is 9.84. The predicted octanol–water partition coefficient (Wildman–Crippen LogP) is 4.09. The molecule has 6 heteroatoms. The van der Waals surface area contributed by atoms with Crippen LogP contribution in [0.1, 0.15) is 44.7 Å². The number of oxazole rings is 1. The van der Waals surface area contributed by atoms with E-state index >= 15 is 0 Å². The number of carbonyl (C=O) groups excluding carboxylic acids is 2. The van der Waals surface area contributed by atoms with Crippen LogP contribution >= 0.6 is 0 Å². The SMILES string of the molecule is CC(C)(C)c1ccc(C2(C)NC(=O)N(Cc3nc4ccccc4o3)C2=O)cc1. The number of hydrogen-bond acceptors (Lipinski definition) is 4. The molecule has 0 saturated carbocycles. The number of nitrogens with zero attached hydrogens (tertiary/aromatic N) is 2. The van der Waals surface area contributed by atoms with E-state index in [1.54, 1.807) is 13.0 Å². The molecule has 1 atom stereocenters. The topological polar surface area (TPSA) is 75.4 Å². The van der Waals surface area contributed by atoms with Crippen LogP contribution in [0.3, 0.4) is 0 Å². The summed E-state index contributed by atoms with van der Waals surface area (Å²) in [5, 5.41) is 2.83. The highest BCUT2D eigenvalue weighted by Crippen LogP contribution is 2.32. The quantitative estimate of drug-likeness (QED) is 0.698. The Kier molecular flexibility index (Phi) is 4.03. The van der Waals surface area contributed by atoms with Crippen LogP contribution in [0.5, 0.6) is 0 Å². The molecule has 144 valence electrons. The number of urea groups is 1. The highest BCUT2D eigenvalue weighted by Gasteiger charge is 2.49. The van der Waals surface area contributed by atoms with Gasteiger partial charge >= 0.3 is 6.03 Å². The first-order valence-electron chi connectivity index (χ1n) is 9.28. The second-order valence-electron chi connectivity index (χ2n) is 8.35. The van der Waals surface area contributed by atoms with Crippen molar-refractivity contribution in [2.75, 3.05) is 0 Å². The number of nitrogens with one attached hydrogen (secondary N) is 1. The van der Waals surface area contributed by atoms with Gasteiger partial charge in [-0.25, -0.2) is 9.78 Å². The van der Waals surface area contributed by atoms with Crippen LogP contribution in [0, 0.1) is 0 Å². The molecule has 0 radical (unpaired) electrons. The average Bonchev–Trinajstić information content (AvgIpc) is 3.15. The molecule has 1 saturated heterocycles. The van der Waals surface area contributed by atoms with Gasteiger partial charge in [0.2, 0.25) is 5.89 Å². The number of benzene rings is 2. The molecular weight excluding hydrogens is 354 g/mol. The van der Waals surface area contributed by atoms with Crippen molar-refractivity contribution in [2.45, 2.75) is 45.2 Å². The van der Waals surface area contributed by atoms with Crippen molar-refractivity contribution in [1.29, 1.82) is 0 Å². The number of fused-ring (bicyclic) bond motifs is 1. The first kappa shape index (κ1) is 18.2. The first-order chi connectivity index (χ1) is 13.2. The van der Waals surface area contributed by atoms with Gasteiger partial charge in [-0.3, -0.25) is 9.69 Å². The fourth-order valence-corrected chi connectivity index (χ4v) is 3.46. The molecule has 1 aliphatic rings. The molecular formula is C22H23N3O3. The molecule has 1 aliphatic heterocycles. The molecule has 3 amide bonds. The summed E-state index contributed by atoms with van der Waals surface area (Å²) in [5.41, 5.74) is 2.15. The van der Waals surface area contributed by atoms with Crippen molar-refractivity contribution in [2.24, 2.45) is 0 Å². The molecule has 3 aromatic rings. The van der Waals surface area contributed by atoms with Crippen LogP contribution in [0.15, 0.2) is 52.9 Å². The number of carbonyl (C=O) groups is 2. The minimum atomic E-state index is -1.11. The van der Waals surface area contributed by atoms with E-state index in [9.17, 15) is 9.59 Å². The van der Waals surface area contributed by atoms with Crippen LogP contribution in [0.25, 0.3) is 11.1 Å². The van der Waals surface area contributed by atoms with Gasteiger partial charge in [-0.2, -0.15) is 0 Å². The monoisotopic (exact) mass is 377 g/mol. The lowest BCUT2D eigenvalue weighted by molar-refractivity contribution is -0.131. The average molecular weight is 377 g/mol. The van der Waals surface area contributed by atoms with E-state index in [1.807, 2.05) is 42.5 Å². The van der Waals surface area contributed by atoms with Crippen molar-refractivity contribution in [3.8, 4) is 0 Å². The number of aromatic nitrogens is 1. The van der Waals surface area contributed by atoms with Gasteiger partial charge in [0, 0.05) is 0 Å². The summed E-state index contributed by atoms with van der Waals surface area (Å²) in [6.07, 6.45) is 0. The molecule has 2 heterocycles. The van der Waals surface area contributed by atoms with Crippen LogP contribution in [-0.4, -0.2) is 21.8 Å². The number of hydrogen-bond donors (Lipinski definition) is 1. The smallest absolute Gasteiger partial charge is 0.325 e. The second-order valence-corrected chi connectivity index (χ2v) is 8.35. The zero-order chi connectivity index (χ0) is 20.1. The minimum absolute atomic E-state index is 0.00495. The Hall–Kier alpha value is -3.15. The molecule has 1 unspecified atom stereocenters. The Labute approximate surface area is 163 Å². The molecule has 1 aromatic heterocycles. The third-order valence-corrected chi connectivity index (χ3v) is 5.23.